The molecule has 0 bridgehead atoms. The van der Waals surface area contributed by atoms with Gasteiger partial charge >= 0.3 is 5.97 Å². The van der Waals surface area contributed by atoms with E-state index in [0.29, 0.717) is 10.2 Å². The van der Waals surface area contributed by atoms with Crippen molar-refractivity contribution in [2.24, 2.45) is 0 Å². The summed E-state index contributed by atoms with van der Waals surface area (Å²) in [7, 11) is 1.34. The number of methoxy groups -OCH3 is 1. The van der Waals surface area contributed by atoms with Crippen LogP contribution in [0.1, 0.15) is 16.2 Å². The molecule has 0 atom stereocenters. The maximum absolute atomic E-state index is 10.8. The molecular formula is C8H7BrClNO3. The number of carbonyl (C=O) groups is 1. The zero-order chi connectivity index (χ0) is 10.9. The molecule has 0 aliphatic rings. The predicted molar refractivity (Wildman–Crippen MR) is 55.2 cm³/mol. The van der Waals surface area contributed by atoms with E-state index in [1.807, 2.05) is 0 Å². The van der Waals surface area contributed by atoms with Crippen molar-refractivity contribution in [1.82, 2.24) is 4.98 Å². The van der Waals surface area contributed by atoms with Gasteiger partial charge in [0.1, 0.15) is 5.02 Å². The smallest absolute Gasteiger partial charge is 0.358 e. The number of halogens is 2. The highest BCUT2D eigenvalue weighted by Gasteiger charge is 2.20. The number of pyridine rings is 1. The lowest BCUT2D eigenvalue weighted by molar-refractivity contribution is 0.0686. The second-order valence-electron chi connectivity index (χ2n) is 2.51. The van der Waals surface area contributed by atoms with Gasteiger partial charge in [0.15, 0.2) is 11.4 Å². The SMILES string of the molecule is COc1c(C(=O)O)nc(C)c(Br)c1Cl. The van der Waals surface area contributed by atoms with Crippen molar-refractivity contribution in [2.45, 2.75) is 6.92 Å². The highest BCUT2D eigenvalue weighted by atomic mass is 79.9. The number of aromatic nitrogens is 1. The Morgan fingerprint density at radius 1 is 1.64 bits per heavy atom. The third-order valence-corrected chi connectivity index (χ3v) is 3.17. The first kappa shape index (κ1) is 11.3. The van der Waals surface area contributed by atoms with Gasteiger partial charge in [-0.15, -0.1) is 0 Å². The van der Waals surface area contributed by atoms with Crippen LogP contribution in [-0.4, -0.2) is 23.2 Å². The maximum Gasteiger partial charge on any atom is 0.358 e. The van der Waals surface area contributed by atoms with E-state index in [1.54, 1.807) is 6.92 Å². The molecule has 0 aliphatic carbocycles. The lowest BCUT2D eigenvalue weighted by Crippen LogP contribution is -2.06. The number of aryl methyl sites for hydroxylation is 1. The van der Waals surface area contributed by atoms with Crippen LogP contribution in [0.15, 0.2) is 4.47 Å². The fraction of sp³-hybridized carbons (Fsp3) is 0.250. The van der Waals surface area contributed by atoms with Gasteiger partial charge in [0.05, 0.1) is 17.3 Å². The van der Waals surface area contributed by atoms with Gasteiger partial charge in [-0.3, -0.25) is 0 Å². The van der Waals surface area contributed by atoms with E-state index in [4.69, 9.17) is 21.4 Å². The first-order chi connectivity index (χ1) is 6.49. The van der Waals surface area contributed by atoms with E-state index in [0.717, 1.165) is 0 Å². The summed E-state index contributed by atoms with van der Waals surface area (Å²) in [6, 6.07) is 0. The van der Waals surface area contributed by atoms with Crippen LogP contribution in [0, 0.1) is 6.92 Å². The Bertz CT molecular complexity index is 395. The average Bonchev–Trinajstić information content (AvgIpc) is 2.13. The molecule has 0 spiro atoms. The van der Waals surface area contributed by atoms with Crippen molar-refractivity contribution in [2.75, 3.05) is 7.11 Å². The molecule has 4 nitrogen and oxygen atoms in total. The molecule has 0 radical (unpaired) electrons. The largest absolute Gasteiger partial charge is 0.493 e. The molecule has 14 heavy (non-hydrogen) atoms. The van der Waals surface area contributed by atoms with Gasteiger partial charge in [-0.2, -0.15) is 0 Å². The summed E-state index contributed by atoms with van der Waals surface area (Å²) in [5.41, 5.74) is 0.325. The Balaban J connectivity index is 3.51. The Kier molecular flexibility index (Phi) is 3.34. The minimum absolute atomic E-state index is 0.0663. The van der Waals surface area contributed by atoms with Crippen molar-refractivity contribution in [3.63, 3.8) is 0 Å². The number of carboxylic acids is 1. The van der Waals surface area contributed by atoms with Gasteiger partial charge in [-0.25, -0.2) is 9.78 Å². The molecule has 0 unspecified atom stereocenters. The summed E-state index contributed by atoms with van der Waals surface area (Å²) < 4.78 is 5.41. The molecule has 0 aliphatic heterocycles. The van der Waals surface area contributed by atoms with E-state index in [-0.39, 0.29) is 16.5 Å². The highest BCUT2D eigenvalue weighted by molar-refractivity contribution is 9.10. The highest BCUT2D eigenvalue weighted by Crippen LogP contribution is 2.35. The second kappa shape index (κ2) is 4.14. The zero-order valence-corrected chi connectivity index (χ0v) is 9.81. The third-order valence-electron chi connectivity index (χ3n) is 1.61. The topological polar surface area (TPSA) is 59.4 Å². The number of ether oxygens (including phenoxy) is 1. The fourth-order valence-electron chi connectivity index (χ4n) is 0.961. The first-order valence-electron chi connectivity index (χ1n) is 3.62. The number of aromatic carboxylic acids is 1. The lowest BCUT2D eigenvalue weighted by Gasteiger charge is -2.09. The minimum atomic E-state index is -1.17. The van der Waals surface area contributed by atoms with Crippen LogP contribution in [0.25, 0.3) is 0 Å². The molecule has 1 rings (SSSR count). The molecule has 0 fully saturated rings. The molecule has 1 aromatic heterocycles. The Labute approximate surface area is 94.0 Å². The maximum atomic E-state index is 10.8. The summed E-state index contributed by atoms with van der Waals surface area (Å²) >= 11 is 9.06. The van der Waals surface area contributed by atoms with E-state index < -0.39 is 5.97 Å². The fourth-order valence-corrected chi connectivity index (χ4v) is 1.53. The molecule has 76 valence electrons. The van der Waals surface area contributed by atoms with Crippen LogP contribution in [0.5, 0.6) is 5.75 Å². The molecular weight excluding hydrogens is 273 g/mol. The molecule has 0 saturated carbocycles. The molecule has 1 heterocycles. The van der Waals surface area contributed by atoms with Gasteiger partial charge in [-0.05, 0) is 22.9 Å². The number of rotatable bonds is 2. The molecule has 6 heteroatoms. The molecule has 1 aromatic rings. The van der Waals surface area contributed by atoms with Crippen molar-refractivity contribution >= 4 is 33.5 Å². The zero-order valence-electron chi connectivity index (χ0n) is 7.47. The Morgan fingerprint density at radius 2 is 2.21 bits per heavy atom. The van der Waals surface area contributed by atoms with Crippen LogP contribution in [0.3, 0.4) is 0 Å². The standard InChI is InChI=1S/C8H7BrClNO3/c1-3-4(9)5(10)7(14-2)6(11-3)8(12)13/h1-2H3,(H,12,13). The van der Waals surface area contributed by atoms with Crippen LogP contribution >= 0.6 is 27.5 Å². The summed E-state index contributed by atoms with van der Waals surface area (Å²) in [5, 5.41) is 9.04. The third kappa shape index (κ3) is 1.83. The summed E-state index contributed by atoms with van der Waals surface area (Å²) in [5.74, 6) is -1.10. The van der Waals surface area contributed by atoms with Crippen LogP contribution in [0.4, 0.5) is 0 Å². The van der Waals surface area contributed by atoms with Crippen LogP contribution in [0.2, 0.25) is 5.02 Å². The van der Waals surface area contributed by atoms with Crippen molar-refractivity contribution in [1.29, 1.82) is 0 Å². The monoisotopic (exact) mass is 279 g/mol. The number of carboxylic acid groups (broad SMARTS) is 1. The molecule has 0 aromatic carbocycles. The van der Waals surface area contributed by atoms with Crippen LogP contribution < -0.4 is 4.74 Å². The van der Waals surface area contributed by atoms with Crippen molar-refractivity contribution < 1.29 is 14.6 Å². The lowest BCUT2D eigenvalue weighted by atomic mass is 10.3. The number of hydrogen-bond donors (Lipinski definition) is 1. The van der Waals surface area contributed by atoms with Gasteiger partial charge in [0.2, 0.25) is 0 Å². The second-order valence-corrected chi connectivity index (χ2v) is 3.68. The Morgan fingerprint density at radius 3 is 2.64 bits per heavy atom. The van der Waals surface area contributed by atoms with Gasteiger partial charge < -0.3 is 9.84 Å². The van der Waals surface area contributed by atoms with E-state index in [9.17, 15) is 4.79 Å². The predicted octanol–water partition coefficient (Wildman–Crippen LogP) is 2.51. The van der Waals surface area contributed by atoms with Gasteiger partial charge in [0.25, 0.3) is 0 Å². The van der Waals surface area contributed by atoms with Crippen LogP contribution in [-0.2, 0) is 0 Å². The first-order valence-corrected chi connectivity index (χ1v) is 4.79. The molecule has 0 amide bonds. The van der Waals surface area contributed by atoms with Crippen molar-refractivity contribution in [3.8, 4) is 5.75 Å². The number of hydrogen-bond acceptors (Lipinski definition) is 3. The normalized spacial score (nSPS) is 10.0. The summed E-state index contributed by atoms with van der Waals surface area (Å²) in [6.45, 7) is 1.65. The average molecular weight is 281 g/mol. The van der Waals surface area contributed by atoms with E-state index >= 15 is 0 Å². The van der Waals surface area contributed by atoms with Gasteiger partial charge in [-0.1, -0.05) is 11.6 Å². The summed E-state index contributed by atoms with van der Waals surface area (Å²) in [6.07, 6.45) is 0. The van der Waals surface area contributed by atoms with Crippen molar-refractivity contribution in [3.05, 3.63) is 20.9 Å². The molecule has 0 saturated heterocycles. The Hall–Kier alpha value is -0.810. The van der Waals surface area contributed by atoms with E-state index in [1.165, 1.54) is 7.11 Å². The number of nitrogens with zero attached hydrogens (tertiary/aromatic N) is 1. The van der Waals surface area contributed by atoms with E-state index in [2.05, 4.69) is 20.9 Å². The quantitative estimate of drug-likeness (QED) is 0.904. The minimum Gasteiger partial charge on any atom is -0.493 e. The van der Waals surface area contributed by atoms with Gasteiger partial charge in [0, 0.05) is 0 Å². The molecule has 1 N–H and O–H groups in total. The summed E-state index contributed by atoms with van der Waals surface area (Å²) in [4.78, 5) is 14.6.